The second-order valence-corrected chi connectivity index (χ2v) is 7.42. The number of amides is 1. The van der Waals surface area contributed by atoms with Gasteiger partial charge in [-0.1, -0.05) is 18.2 Å². The number of fused-ring (bicyclic) bond motifs is 1. The molecule has 1 aliphatic rings. The molecule has 3 N–H and O–H groups in total. The van der Waals surface area contributed by atoms with E-state index in [2.05, 4.69) is 15.3 Å². The Labute approximate surface area is 183 Å². The summed E-state index contributed by atoms with van der Waals surface area (Å²) in [6.07, 6.45) is 3.26. The Morgan fingerprint density at radius 2 is 1.94 bits per heavy atom. The summed E-state index contributed by atoms with van der Waals surface area (Å²) >= 11 is 0. The van der Waals surface area contributed by atoms with Gasteiger partial charge in [0.25, 0.3) is 5.91 Å². The zero-order valence-electron chi connectivity index (χ0n) is 17.2. The van der Waals surface area contributed by atoms with Crippen molar-refractivity contribution in [1.29, 1.82) is 0 Å². The van der Waals surface area contributed by atoms with Gasteiger partial charge in [0.05, 0.1) is 30.0 Å². The van der Waals surface area contributed by atoms with E-state index >= 15 is 0 Å². The molecule has 9 heteroatoms. The van der Waals surface area contributed by atoms with Crippen LogP contribution < -0.4 is 16.0 Å². The van der Waals surface area contributed by atoms with E-state index in [1.807, 2.05) is 29.2 Å². The molecule has 32 heavy (non-hydrogen) atoms. The van der Waals surface area contributed by atoms with Crippen LogP contribution in [0.2, 0.25) is 0 Å². The minimum atomic E-state index is -0.511. The van der Waals surface area contributed by atoms with E-state index in [0.29, 0.717) is 55.0 Å². The normalized spacial score (nSPS) is 14.0. The van der Waals surface area contributed by atoms with Crippen LogP contribution in [-0.2, 0) is 4.74 Å². The Bertz CT molecular complexity index is 1300. The van der Waals surface area contributed by atoms with E-state index < -0.39 is 5.91 Å². The van der Waals surface area contributed by atoms with Crippen molar-refractivity contribution in [2.45, 2.75) is 0 Å². The van der Waals surface area contributed by atoms with Gasteiger partial charge in [-0.15, -0.1) is 0 Å². The van der Waals surface area contributed by atoms with Gasteiger partial charge < -0.3 is 25.3 Å². The van der Waals surface area contributed by atoms with E-state index in [-0.39, 0.29) is 5.82 Å². The van der Waals surface area contributed by atoms with Crippen LogP contribution in [0.5, 0.6) is 0 Å². The molecule has 2 aromatic heterocycles. The molecule has 2 aromatic carbocycles. The second kappa shape index (κ2) is 8.27. The van der Waals surface area contributed by atoms with Crippen LogP contribution in [0, 0.1) is 5.82 Å². The molecule has 0 atom stereocenters. The molecular weight excluding hydrogens is 411 g/mol. The van der Waals surface area contributed by atoms with Gasteiger partial charge in [0.1, 0.15) is 11.6 Å². The average Bonchev–Trinajstić information content (AvgIpc) is 3.20. The SMILES string of the molecule is NC(=O)c1cn(-c2ccnc(Nc3ccc(N4CCOCC4)c(F)c3)n2)c2ccccc12. The fourth-order valence-corrected chi connectivity index (χ4v) is 3.88. The Hall–Kier alpha value is -3.98. The van der Waals surface area contributed by atoms with Crippen LogP contribution in [0.25, 0.3) is 16.7 Å². The predicted octanol–water partition coefficient (Wildman–Crippen LogP) is 3.24. The van der Waals surface area contributed by atoms with E-state index in [4.69, 9.17) is 10.5 Å². The first-order valence-electron chi connectivity index (χ1n) is 10.2. The van der Waals surface area contributed by atoms with Crippen molar-refractivity contribution in [2.75, 3.05) is 36.5 Å². The second-order valence-electron chi connectivity index (χ2n) is 7.42. The number of halogens is 1. The van der Waals surface area contributed by atoms with E-state index in [1.165, 1.54) is 6.07 Å². The molecule has 0 bridgehead atoms. The highest BCUT2D eigenvalue weighted by Gasteiger charge is 2.16. The number of nitrogens with zero attached hydrogens (tertiary/aromatic N) is 4. The molecule has 0 spiro atoms. The molecule has 0 saturated carbocycles. The monoisotopic (exact) mass is 432 g/mol. The summed E-state index contributed by atoms with van der Waals surface area (Å²) in [5.41, 5.74) is 7.83. The van der Waals surface area contributed by atoms with Crippen LogP contribution in [0.4, 0.5) is 21.7 Å². The van der Waals surface area contributed by atoms with Crippen molar-refractivity contribution < 1.29 is 13.9 Å². The Kier molecular flexibility index (Phi) is 5.16. The molecule has 5 rings (SSSR count). The standard InChI is InChI=1S/C23H21FN6O2/c24-18-13-15(5-6-20(18)29-9-11-32-12-10-29)27-23-26-8-7-21(28-23)30-14-17(22(25)31)16-3-1-2-4-19(16)30/h1-8,13-14H,9-12H2,(H2,25,31)(H,26,27,28). The number of nitrogens with one attached hydrogen (secondary N) is 1. The lowest BCUT2D eigenvalue weighted by Crippen LogP contribution is -2.36. The zero-order chi connectivity index (χ0) is 22.1. The third-order valence-corrected chi connectivity index (χ3v) is 5.42. The van der Waals surface area contributed by atoms with Gasteiger partial charge in [-0.3, -0.25) is 4.79 Å². The third kappa shape index (κ3) is 3.74. The number of ether oxygens (including phenoxy) is 1. The fraction of sp³-hybridized carbons (Fsp3) is 0.174. The topological polar surface area (TPSA) is 98.3 Å². The van der Waals surface area contributed by atoms with Crippen LogP contribution in [-0.4, -0.2) is 46.7 Å². The number of hydrogen-bond donors (Lipinski definition) is 2. The number of hydrogen-bond acceptors (Lipinski definition) is 6. The van der Waals surface area contributed by atoms with Crippen molar-refractivity contribution in [3.63, 3.8) is 0 Å². The van der Waals surface area contributed by atoms with Crippen molar-refractivity contribution in [3.8, 4) is 5.82 Å². The van der Waals surface area contributed by atoms with E-state index in [9.17, 15) is 9.18 Å². The van der Waals surface area contributed by atoms with Gasteiger partial charge in [0.2, 0.25) is 5.95 Å². The number of para-hydroxylation sites is 1. The maximum Gasteiger partial charge on any atom is 0.250 e. The van der Waals surface area contributed by atoms with Gasteiger partial charge in [-0.05, 0) is 30.3 Å². The van der Waals surface area contributed by atoms with Crippen molar-refractivity contribution in [2.24, 2.45) is 5.73 Å². The molecule has 1 saturated heterocycles. The summed E-state index contributed by atoms with van der Waals surface area (Å²) in [5, 5.41) is 3.80. The van der Waals surface area contributed by atoms with Crippen LogP contribution in [0.15, 0.2) is 60.9 Å². The quantitative estimate of drug-likeness (QED) is 0.502. The number of anilines is 3. The minimum Gasteiger partial charge on any atom is -0.378 e. The predicted molar refractivity (Wildman–Crippen MR) is 120 cm³/mol. The highest BCUT2D eigenvalue weighted by Crippen LogP contribution is 2.26. The number of morpholine rings is 1. The van der Waals surface area contributed by atoms with Gasteiger partial charge in [0, 0.05) is 36.6 Å². The number of carbonyl (C=O) groups is 1. The zero-order valence-corrected chi connectivity index (χ0v) is 17.2. The van der Waals surface area contributed by atoms with Crippen molar-refractivity contribution in [1.82, 2.24) is 14.5 Å². The number of carbonyl (C=O) groups excluding carboxylic acids is 1. The molecule has 1 aliphatic heterocycles. The average molecular weight is 432 g/mol. The first kappa shape index (κ1) is 20.0. The Morgan fingerprint density at radius 3 is 2.72 bits per heavy atom. The number of rotatable bonds is 5. The van der Waals surface area contributed by atoms with E-state index in [1.54, 1.807) is 35.2 Å². The first-order valence-corrected chi connectivity index (χ1v) is 10.2. The fourth-order valence-electron chi connectivity index (χ4n) is 3.88. The van der Waals surface area contributed by atoms with Gasteiger partial charge in [-0.25, -0.2) is 9.37 Å². The maximum absolute atomic E-state index is 14.7. The number of aromatic nitrogens is 3. The third-order valence-electron chi connectivity index (χ3n) is 5.42. The summed E-state index contributed by atoms with van der Waals surface area (Å²) < 4.78 is 21.8. The van der Waals surface area contributed by atoms with Crippen molar-refractivity contribution >= 4 is 34.1 Å². The highest BCUT2D eigenvalue weighted by atomic mass is 19.1. The van der Waals surface area contributed by atoms with Gasteiger partial charge in [0.15, 0.2) is 0 Å². The number of benzene rings is 2. The minimum absolute atomic E-state index is 0.305. The molecule has 0 aliphatic carbocycles. The maximum atomic E-state index is 14.7. The summed E-state index contributed by atoms with van der Waals surface area (Å²) in [6, 6.07) is 14.1. The number of primary amides is 1. The molecule has 8 nitrogen and oxygen atoms in total. The summed E-state index contributed by atoms with van der Waals surface area (Å²) in [5.74, 6) is 0.0229. The molecular formula is C23H21FN6O2. The molecule has 162 valence electrons. The van der Waals surface area contributed by atoms with Crippen molar-refractivity contribution in [3.05, 3.63) is 72.3 Å². The Morgan fingerprint density at radius 1 is 1.12 bits per heavy atom. The Balaban J connectivity index is 1.44. The summed E-state index contributed by atoms with van der Waals surface area (Å²) in [4.78, 5) is 22.6. The number of nitrogens with two attached hydrogens (primary N) is 1. The van der Waals surface area contributed by atoms with Crippen LogP contribution >= 0.6 is 0 Å². The lowest BCUT2D eigenvalue weighted by Gasteiger charge is -2.29. The molecule has 1 fully saturated rings. The summed E-state index contributed by atoms with van der Waals surface area (Å²) in [7, 11) is 0. The van der Waals surface area contributed by atoms with Gasteiger partial charge >= 0.3 is 0 Å². The molecule has 0 radical (unpaired) electrons. The highest BCUT2D eigenvalue weighted by molar-refractivity contribution is 6.06. The molecule has 0 unspecified atom stereocenters. The largest absolute Gasteiger partial charge is 0.378 e. The summed E-state index contributed by atoms with van der Waals surface area (Å²) in [6.45, 7) is 2.50. The lowest BCUT2D eigenvalue weighted by molar-refractivity contribution is 0.100. The lowest BCUT2D eigenvalue weighted by atomic mass is 10.2. The molecule has 4 aromatic rings. The molecule has 3 heterocycles. The smallest absolute Gasteiger partial charge is 0.250 e. The van der Waals surface area contributed by atoms with Gasteiger partial charge in [-0.2, -0.15) is 4.98 Å². The first-order chi connectivity index (χ1) is 15.6. The van der Waals surface area contributed by atoms with Crippen LogP contribution in [0.3, 0.4) is 0 Å². The van der Waals surface area contributed by atoms with Crippen LogP contribution in [0.1, 0.15) is 10.4 Å². The molecule has 1 amide bonds. The van der Waals surface area contributed by atoms with E-state index in [0.717, 1.165) is 10.9 Å².